The van der Waals surface area contributed by atoms with Gasteiger partial charge in [-0.2, -0.15) is 0 Å². The van der Waals surface area contributed by atoms with Gasteiger partial charge in [-0.1, -0.05) is 28.1 Å². The van der Waals surface area contributed by atoms with Gasteiger partial charge in [0, 0.05) is 10.4 Å². The second-order valence-corrected chi connectivity index (χ2v) is 8.56. The zero-order valence-electron chi connectivity index (χ0n) is 15.1. The molecule has 5 nitrogen and oxygen atoms in total. The van der Waals surface area contributed by atoms with Gasteiger partial charge in [-0.25, -0.2) is 14.2 Å². The van der Waals surface area contributed by atoms with Crippen LogP contribution < -0.4 is 4.90 Å². The normalized spacial score (nSPS) is 24.9. The Morgan fingerprint density at radius 2 is 2.00 bits per heavy atom. The number of H-pyrrole nitrogens is 1. The van der Waals surface area contributed by atoms with E-state index in [-0.39, 0.29) is 5.69 Å². The van der Waals surface area contributed by atoms with E-state index in [0.717, 1.165) is 47.0 Å². The standard InChI is InChI=1S/C21H19BrFN3O2/c22-14-5-6-16-17(11-14)25-19(24-16)13-7-9-21(10-8-13)12-26(20(27)28-21)18-4-2-1-3-15(18)23/h1-6,11,13H,7-10,12H2,(H,24,25). The Balaban J connectivity index is 1.32. The van der Waals surface area contributed by atoms with E-state index >= 15 is 0 Å². The fourth-order valence-electron chi connectivity index (χ4n) is 4.35. The van der Waals surface area contributed by atoms with E-state index in [1.54, 1.807) is 18.2 Å². The molecule has 1 spiro atoms. The third kappa shape index (κ3) is 2.98. The first-order chi connectivity index (χ1) is 13.5. The number of fused-ring (bicyclic) bond motifs is 1. The van der Waals surface area contributed by atoms with Crippen molar-refractivity contribution in [1.82, 2.24) is 9.97 Å². The smallest absolute Gasteiger partial charge is 0.415 e. The van der Waals surface area contributed by atoms with Crippen LogP contribution in [0.25, 0.3) is 11.0 Å². The van der Waals surface area contributed by atoms with Crippen molar-refractivity contribution in [3.63, 3.8) is 0 Å². The summed E-state index contributed by atoms with van der Waals surface area (Å²) >= 11 is 3.49. The Hall–Kier alpha value is -2.41. The number of aromatic amines is 1. The molecule has 144 valence electrons. The van der Waals surface area contributed by atoms with Gasteiger partial charge in [0.05, 0.1) is 23.3 Å². The van der Waals surface area contributed by atoms with Crippen LogP contribution in [0.4, 0.5) is 14.9 Å². The van der Waals surface area contributed by atoms with E-state index in [9.17, 15) is 9.18 Å². The number of amides is 1. The SMILES string of the molecule is O=C1OC2(CCC(c3nc4ccc(Br)cc4[nH]3)CC2)CN1c1ccccc1F. The highest BCUT2D eigenvalue weighted by atomic mass is 79.9. The van der Waals surface area contributed by atoms with E-state index in [4.69, 9.17) is 9.72 Å². The Morgan fingerprint density at radius 1 is 1.21 bits per heavy atom. The van der Waals surface area contributed by atoms with E-state index < -0.39 is 17.5 Å². The first kappa shape index (κ1) is 17.7. The van der Waals surface area contributed by atoms with Gasteiger partial charge in [0.1, 0.15) is 17.2 Å². The van der Waals surface area contributed by atoms with E-state index in [2.05, 4.69) is 20.9 Å². The maximum absolute atomic E-state index is 14.1. The Bertz CT molecular complexity index is 1060. The molecule has 1 amide bonds. The minimum absolute atomic E-state index is 0.286. The third-order valence-corrected chi connectivity index (χ3v) is 6.35. The number of benzene rings is 2. The van der Waals surface area contributed by atoms with Crippen molar-refractivity contribution < 1.29 is 13.9 Å². The summed E-state index contributed by atoms with van der Waals surface area (Å²) in [5.41, 5.74) is 1.72. The molecule has 2 heterocycles. The van der Waals surface area contributed by atoms with Gasteiger partial charge >= 0.3 is 6.09 Å². The molecule has 1 saturated heterocycles. The molecule has 0 radical (unpaired) electrons. The molecule has 28 heavy (non-hydrogen) atoms. The summed E-state index contributed by atoms with van der Waals surface area (Å²) in [6, 6.07) is 12.3. The average Bonchev–Trinajstić information content (AvgIpc) is 3.23. The predicted octanol–water partition coefficient (Wildman–Crippen LogP) is 5.52. The van der Waals surface area contributed by atoms with Gasteiger partial charge in [-0.3, -0.25) is 4.90 Å². The Labute approximate surface area is 170 Å². The monoisotopic (exact) mass is 443 g/mol. The lowest BCUT2D eigenvalue weighted by Gasteiger charge is -2.34. The van der Waals surface area contributed by atoms with Gasteiger partial charge in [-0.15, -0.1) is 0 Å². The lowest BCUT2D eigenvalue weighted by molar-refractivity contribution is 0.0208. The molecule has 0 unspecified atom stereocenters. The fourth-order valence-corrected chi connectivity index (χ4v) is 4.71. The molecule has 0 bridgehead atoms. The van der Waals surface area contributed by atoms with Crippen molar-refractivity contribution in [2.75, 3.05) is 11.4 Å². The Kier molecular flexibility index (Phi) is 4.16. The van der Waals surface area contributed by atoms with Crippen molar-refractivity contribution in [1.29, 1.82) is 0 Å². The van der Waals surface area contributed by atoms with Gasteiger partial charge in [0.2, 0.25) is 0 Å². The fraction of sp³-hybridized carbons (Fsp3) is 0.333. The molecule has 3 aromatic rings. The molecule has 1 aromatic heterocycles. The maximum atomic E-state index is 14.1. The average molecular weight is 444 g/mol. The van der Waals surface area contributed by atoms with E-state index in [0.29, 0.717) is 12.5 Å². The summed E-state index contributed by atoms with van der Waals surface area (Å²) in [4.78, 5) is 22.0. The molecular formula is C21H19BrFN3O2. The van der Waals surface area contributed by atoms with Crippen molar-refractivity contribution in [2.24, 2.45) is 0 Å². The molecular weight excluding hydrogens is 425 g/mol. The molecule has 7 heteroatoms. The first-order valence-electron chi connectivity index (χ1n) is 9.43. The van der Waals surface area contributed by atoms with Gasteiger partial charge in [0.25, 0.3) is 0 Å². The molecule has 1 aliphatic carbocycles. The summed E-state index contributed by atoms with van der Waals surface area (Å²) < 4.78 is 20.9. The zero-order valence-corrected chi connectivity index (χ0v) is 16.7. The number of aromatic nitrogens is 2. The summed E-state index contributed by atoms with van der Waals surface area (Å²) in [5, 5.41) is 0. The summed E-state index contributed by atoms with van der Waals surface area (Å²) in [5.74, 6) is 0.884. The molecule has 2 aliphatic rings. The minimum Gasteiger partial charge on any atom is -0.441 e. The number of hydrogen-bond acceptors (Lipinski definition) is 3. The van der Waals surface area contributed by atoms with Crippen LogP contribution in [0, 0.1) is 5.82 Å². The summed E-state index contributed by atoms with van der Waals surface area (Å²) in [7, 11) is 0. The van der Waals surface area contributed by atoms with Crippen LogP contribution in [0.3, 0.4) is 0 Å². The summed E-state index contributed by atoms with van der Waals surface area (Å²) in [6.07, 6.45) is 2.78. The molecule has 1 N–H and O–H groups in total. The zero-order chi connectivity index (χ0) is 19.3. The number of anilines is 1. The number of ether oxygens (including phenoxy) is 1. The molecule has 1 aliphatic heterocycles. The molecule has 2 aromatic carbocycles. The van der Waals surface area contributed by atoms with Crippen molar-refractivity contribution >= 4 is 38.7 Å². The number of nitrogens with zero attached hydrogens (tertiary/aromatic N) is 2. The lowest BCUT2D eigenvalue weighted by atomic mass is 9.78. The summed E-state index contributed by atoms with van der Waals surface area (Å²) in [6.45, 7) is 0.395. The van der Waals surface area contributed by atoms with Gasteiger partial charge < -0.3 is 9.72 Å². The van der Waals surface area contributed by atoms with Gasteiger partial charge in [-0.05, 0) is 56.0 Å². The number of carbonyl (C=O) groups is 1. The lowest BCUT2D eigenvalue weighted by Crippen LogP contribution is -2.38. The molecule has 1 saturated carbocycles. The second-order valence-electron chi connectivity index (χ2n) is 7.65. The minimum atomic E-state index is -0.537. The number of carbonyl (C=O) groups excluding carboxylic acids is 1. The van der Waals surface area contributed by atoms with Crippen LogP contribution >= 0.6 is 15.9 Å². The highest BCUT2D eigenvalue weighted by molar-refractivity contribution is 9.10. The van der Waals surface area contributed by atoms with E-state index in [1.165, 1.54) is 11.0 Å². The number of rotatable bonds is 2. The van der Waals surface area contributed by atoms with Crippen LogP contribution in [0.2, 0.25) is 0 Å². The van der Waals surface area contributed by atoms with Crippen LogP contribution in [0.15, 0.2) is 46.9 Å². The highest BCUT2D eigenvalue weighted by Crippen LogP contribution is 2.44. The number of nitrogens with one attached hydrogen (secondary N) is 1. The molecule has 2 fully saturated rings. The first-order valence-corrected chi connectivity index (χ1v) is 10.2. The van der Waals surface area contributed by atoms with Crippen molar-refractivity contribution in [3.05, 3.63) is 58.6 Å². The van der Waals surface area contributed by atoms with Crippen molar-refractivity contribution in [2.45, 2.75) is 37.2 Å². The number of imidazole rings is 1. The topological polar surface area (TPSA) is 58.2 Å². The van der Waals surface area contributed by atoms with Gasteiger partial charge in [0.15, 0.2) is 0 Å². The highest BCUT2D eigenvalue weighted by Gasteiger charge is 2.48. The second kappa shape index (κ2) is 6.58. The molecule has 5 rings (SSSR count). The largest absolute Gasteiger partial charge is 0.441 e. The van der Waals surface area contributed by atoms with Crippen molar-refractivity contribution in [3.8, 4) is 0 Å². The van der Waals surface area contributed by atoms with Crippen LogP contribution in [-0.4, -0.2) is 28.2 Å². The quantitative estimate of drug-likeness (QED) is 0.567. The Morgan fingerprint density at radius 3 is 2.79 bits per heavy atom. The number of halogens is 2. The number of para-hydroxylation sites is 1. The number of hydrogen-bond donors (Lipinski definition) is 1. The predicted molar refractivity (Wildman–Crippen MR) is 108 cm³/mol. The third-order valence-electron chi connectivity index (χ3n) is 5.86. The molecule has 0 atom stereocenters. The van der Waals surface area contributed by atoms with E-state index in [1.807, 2.05) is 18.2 Å². The van der Waals surface area contributed by atoms with Crippen LogP contribution in [0.1, 0.15) is 37.4 Å². The van der Waals surface area contributed by atoms with Crippen LogP contribution in [-0.2, 0) is 4.74 Å². The van der Waals surface area contributed by atoms with Crippen LogP contribution in [0.5, 0.6) is 0 Å². The maximum Gasteiger partial charge on any atom is 0.415 e.